The molecule has 0 unspecified atom stereocenters. The van der Waals surface area contributed by atoms with Gasteiger partial charge in [-0.25, -0.2) is 4.79 Å². The summed E-state index contributed by atoms with van der Waals surface area (Å²) < 4.78 is 0. The maximum absolute atomic E-state index is 11.6. The van der Waals surface area contributed by atoms with Crippen LogP contribution in [0.1, 0.15) is 29.6 Å². The zero-order valence-corrected chi connectivity index (χ0v) is 9.83. The van der Waals surface area contributed by atoms with Gasteiger partial charge in [0, 0.05) is 6.42 Å². The normalized spacial score (nSPS) is 14.4. The van der Waals surface area contributed by atoms with Crippen molar-refractivity contribution in [3.63, 3.8) is 0 Å². The molecule has 0 heterocycles. The molecule has 1 saturated carbocycles. The van der Waals surface area contributed by atoms with Crippen LogP contribution in [0.5, 0.6) is 0 Å². The zero-order valence-electron chi connectivity index (χ0n) is 9.07. The first kappa shape index (κ1) is 11.9. The molecule has 0 spiro atoms. The third-order valence-electron chi connectivity index (χ3n) is 2.66. The van der Waals surface area contributed by atoms with Crippen molar-refractivity contribution < 1.29 is 14.7 Å². The average molecular weight is 254 g/mol. The minimum atomic E-state index is -1.04. The SMILES string of the molecule is O=C(CC1CC1)Nc1cc(C(=O)O)ccc1Cl. The summed E-state index contributed by atoms with van der Waals surface area (Å²) in [6.45, 7) is 0. The van der Waals surface area contributed by atoms with Gasteiger partial charge in [-0.2, -0.15) is 0 Å². The van der Waals surface area contributed by atoms with Crippen molar-refractivity contribution in [2.45, 2.75) is 19.3 Å². The largest absolute Gasteiger partial charge is 0.478 e. The van der Waals surface area contributed by atoms with Gasteiger partial charge in [0.2, 0.25) is 5.91 Å². The summed E-state index contributed by atoms with van der Waals surface area (Å²) >= 11 is 5.89. The van der Waals surface area contributed by atoms with Crippen LogP contribution >= 0.6 is 11.6 Å². The predicted molar refractivity (Wildman–Crippen MR) is 64.4 cm³/mol. The monoisotopic (exact) mass is 253 g/mol. The van der Waals surface area contributed by atoms with Crippen molar-refractivity contribution in [2.75, 3.05) is 5.32 Å². The lowest BCUT2D eigenvalue weighted by atomic mass is 10.2. The summed E-state index contributed by atoms with van der Waals surface area (Å²) in [5.74, 6) is -0.673. The van der Waals surface area contributed by atoms with E-state index in [1.165, 1.54) is 18.2 Å². The molecule has 0 atom stereocenters. The molecule has 2 N–H and O–H groups in total. The second-order valence-electron chi connectivity index (χ2n) is 4.20. The summed E-state index contributed by atoms with van der Waals surface area (Å²) in [4.78, 5) is 22.4. The van der Waals surface area contributed by atoms with Crippen molar-refractivity contribution in [3.05, 3.63) is 28.8 Å². The number of carboxylic acid groups (broad SMARTS) is 1. The van der Waals surface area contributed by atoms with Crippen LogP contribution in [-0.2, 0) is 4.79 Å². The number of rotatable bonds is 4. The van der Waals surface area contributed by atoms with Crippen molar-refractivity contribution in [3.8, 4) is 0 Å². The van der Waals surface area contributed by atoms with E-state index in [-0.39, 0.29) is 11.5 Å². The van der Waals surface area contributed by atoms with Gasteiger partial charge >= 0.3 is 5.97 Å². The number of carbonyl (C=O) groups is 2. The lowest BCUT2D eigenvalue weighted by Crippen LogP contribution is -2.12. The Morgan fingerprint density at radius 1 is 1.41 bits per heavy atom. The van der Waals surface area contributed by atoms with Gasteiger partial charge in [0.25, 0.3) is 0 Å². The number of carbonyl (C=O) groups excluding carboxylic acids is 1. The Bertz CT molecular complexity index is 469. The number of benzene rings is 1. The Kier molecular flexibility index (Phi) is 3.33. The first-order valence-corrected chi connectivity index (χ1v) is 5.77. The summed E-state index contributed by atoms with van der Waals surface area (Å²) in [6, 6.07) is 4.24. The van der Waals surface area contributed by atoms with Crippen LogP contribution in [0.2, 0.25) is 5.02 Å². The van der Waals surface area contributed by atoms with Gasteiger partial charge in [0.05, 0.1) is 16.3 Å². The fourth-order valence-corrected chi connectivity index (χ4v) is 1.70. The van der Waals surface area contributed by atoms with Gasteiger partial charge in [0.15, 0.2) is 0 Å². The predicted octanol–water partition coefficient (Wildman–Crippen LogP) is 2.78. The minimum Gasteiger partial charge on any atom is -0.478 e. The molecule has 0 radical (unpaired) electrons. The Hall–Kier alpha value is -1.55. The first-order valence-electron chi connectivity index (χ1n) is 5.39. The van der Waals surface area contributed by atoms with E-state index in [0.29, 0.717) is 23.0 Å². The summed E-state index contributed by atoms with van der Waals surface area (Å²) in [7, 11) is 0. The number of nitrogens with one attached hydrogen (secondary N) is 1. The molecule has 0 saturated heterocycles. The topological polar surface area (TPSA) is 66.4 Å². The van der Waals surface area contributed by atoms with Crippen LogP contribution in [0.15, 0.2) is 18.2 Å². The molecular formula is C12H12ClNO3. The number of hydrogen-bond acceptors (Lipinski definition) is 2. The third kappa shape index (κ3) is 3.20. The van der Waals surface area contributed by atoms with E-state index in [1.807, 2.05) is 0 Å². The van der Waals surface area contributed by atoms with Crippen LogP contribution in [0.25, 0.3) is 0 Å². The highest BCUT2D eigenvalue weighted by Gasteiger charge is 2.24. The van der Waals surface area contributed by atoms with E-state index in [4.69, 9.17) is 16.7 Å². The highest BCUT2D eigenvalue weighted by Crippen LogP contribution is 2.33. The molecule has 1 aliphatic carbocycles. The molecule has 5 heteroatoms. The van der Waals surface area contributed by atoms with Crippen molar-refractivity contribution >= 4 is 29.2 Å². The fraction of sp³-hybridized carbons (Fsp3) is 0.333. The van der Waals surface area contributed by atoms with E-state index >= 15 is 0 Å². The smallest absolute Gasteiger partial charge is 0.335 e. The molecule has 0 aromatic heterocycles. The van der Waals surface area contributed by atoms with Crippen molar-refractivity contribution in [2.24, 2.45) is 5.92 Å². The zero-order chi connectivity index (χ0) is 12.4. The van der Waals surface area contributed by atoms with E-state index in [1.54, 1.807) is 0 Å². The molecule has 0 aliphatic heterocycles. The Morgan fingerprint density at radius 3 is 2.71 bits per heavy atom. The van der Waals surface area contributed by atoms with Gasteiger partial charge in [-0.3, -0.25) is 4.79 Å². The molecule has 1 aliphatic rings. The van der Waals surface area contributed by atoms with Gasteiger partial charge in [-0.15, -0.1) is 0 Å². The van der Waals surface area contributed by atoms with Crippen LogP contribution in [0.3, 0.4) is 0 Å². The van der Waals surface area contributed by atoms with E-state index in [0.717, 1.165) is 12.8 Å². The number of hydrogen-bond donors (Lipinski definition) is 2. The number of anilines is 1. The molecule has 90 valence electrons. The summed E-state index contributed by atoms with van der Waals surface area (Å²) in [5.41, 5.74) is 0.466. The Balaban J connectivity index is 2.09. The average Bonchev–Trinajstić information content (AvgIpc) is 3.04. The lowest BCUT2D eigenvalue weighted by molar-refractivity contribution is -0.116. The van der Waals surface area contributed by atoms with E-state index < -0.39 is 5.97 Å². The number of amides is 1. The second kappa shape index (κ2) is 4.75. The first-order chi connectivity index (χ1) is 8.06. The molecule has 2 rings (SSSR count). The number of halogens is 1. The maximum Gasteiger partial charge on any atom is 0.335 e. The fourth-order valence-electron chi connectivity index (χ4n) is 1.54. The molecular weight excluding hydrogens is 242 g/mol. The van der Waals surface area contributed by atoms with Crippen LogP contribution < -0.4 is 5.32 Å². The highest BCUT2D eigenvalue weighted by atomic mass is 35.5. The standard InChI is InChI=1S/C12H12ClNO3/c13-9-4-3-8(12(16)17)6-10(9)14-11(15)5-7-1-2-7/h3-4,6-7H,1-2,5H2,(H,14,15)(H,16,17). The molecule has 1 aromatic carbocycles. The molecule has 4 nitrogen and oxygen atoms in total. The Labute approximate surface area is 104 Å². The van der Waals surface area contributed by atoms with Gasteiger partial charge in [0.1, 0.15) is 0 Å². The van der Waals surface area contributed by atoms with Gasteiger partial charge in [-0.05, 0) is 37.0 Å². The number of aromatic carboxylic acids is 1. The molecule has 1 aromatic rings. The second-order valence-corrected chi connectivity index (χ2v) is 4.60. The quantitative estimate of drug-likeness (QED) is 0.867. The highest BCUT2D eigenvalue weighted by molar-refractivity contribution is 6.33. The van der Waals surface area contributed by atoms with Crippen molar-refractivity contribution in [1.82, 2.24) is 0 Å². The minimum absolute atomic E-state index is 0.108. The molecule has 1 amide bonds. The van der Waals surface area contributed by atoms with Crippen molar-refractivity contribution in [1.29, 1.82) is 0 Å². The molecule has 0 bridgehead atoms. The van der Waals surface area contributed by atoms with E-state index in [9.17, 15) is 9.59 Å². The van der Waals surface area contributed by atoms with Gasteiger partial charge in [-0.1, -0.05) is 11.6 Å². The third-order valence-corrected chi connectivity index (χ3v) is 2.99. The lowest BCUT2D eigenvalue weighted by Gasteiger charge is -2.07. The molecule has 1 fully saturated rings. The van der Waals surface area contributed by atoms with Crippen LogP contribution in [0.4, 0.5) is 5.69 Å². The number of carboxylic acids is 1. The summed E-state index contributed by atoms with van der Waals surface area (Å²) in [6.07, 6.45) is 2.67. The Morgan fingerprint density at radius 2 is 2.12 bits per heavy atom. The van der Waals surface area contributed by atoms with Crippen LogP contribution in [0, 0.1) is 5.92 Å². The van der Waals surface area contributed by atoms with Gasteiger partial charge < -0.3 is 10.4 Å². The maximum atomic E-state index is 11.6. The summed E-state index contributed by atoms with van der Waals surface area (Å²) in [5, 5.41) is 11.8. The van der Waals surface area contributed by atoms with E-state index in [2.05, 4.69) is 5.32 Å². The van der Waals surface area contributed by atoms with Crippen LogP contribution in [-0.4, -0.2) is 17.0 Å². The molecule has 17 heavy (non-hydrogen) atoms.